The lowest BCUT2D eigenvalue weighted by molar-refractivity contribution is 0.583. The molecular weight excluding hydrogens is 212 g/mol. The number of nitrogens with two attached hydrogens (primary N) is 1. The van der Waals surface area contributed by atoms with E-state index < -0.39 is 0 Å². The predicted molar refractivity (Wildman–Crippen MR) is 71.3 cm³/mol. The van der Waals surface area contributed by atoms with Gasteiger partial charge in [0.05, 0.1) is 0 Å². The van der Waals surface area contributed by atoms with E-state index in [4.69, 9.17) is 5.73 Å². The van der Waals surface area contributed by atoms with Crippen LogP contribution < -0.4 is 16.0 Å². The van der Waals surface area contributed by atoms with Gasteiger partial charge in [-0.1, -0.05) is 6.92 Å². The summed E-state index contributed by atoms with van der Waals surface area (Å²) in [5, 5.41) is 3.35. The van der Waals surface area contributed by atoms with Crippen LogP contribution in [0, 0.1) is 6.92 Å². The maximum absolute atomic E-state index is 6.03. The molecule has 3 N–H and O–H groups in total. The van der Waals surface area contributed by atoms with E-state index in [1.54, 1.807) is 0 Å². The summed E-state index contributed by atoms with van der Waals surface area (Å²) in [4.78, 5) is 6.93. The molecule has 0 aromatic carbocycles. The number of nitrogens with zero attached hydrogens (tertiary/aromatic N) is 2. The zero-order valence-corrected chi connectivity index (χ0v) is 10.7. The molecule has 1 aliphatic rings. The van der Waals surface area contributed by atoms with Crippen molar-refractivity contribution in [3.63, 3.8) is 0 Å². The van der Waals surface area contributed by atoms with Crippen LogP contribution in [0.5, 0.6) is 0 Å². The molecular formula is C13H22N4. The summed E-state index contributed by atoms with van der Waals surface area (Å²) < 4.78 is 0. The molecule has 1 aromatic rings. The number of aromatic nitrogens is 1. The second-order valence-corrected chi connectivity index (χ2v) is 4.66. The van der Waals surface area contributed by atoms with E-state index in [-0.39, 0.29) is 6.04 Å². The fraction of sp³-hybridized carbons (Fsp3) is 0.615. The molecule has 4 nitrogen and oxygen atoms in total. The molecule has 1 aliphatic heterocycles. The van der Waals surface area contributed by atoms with Gasteiger partial charge in [0, 0.05) is 38.4 Å². The average Bonchev–Trinajstić information content (AvgIpc) is 2.38. The molecule has 0 saturated carbocycles. The number of rotatable bonds is 3. The molecule has 0 bridgehead atoms. The summed E-state index contributed by atoms with van der Waals surface area (Å²) in [6, 6.07) is 2.29. The van der Waals surface area contributed by atoms with Crippen molar-refractivity contribution in [3.05, 3.63) is 23.4 Å². The molecule has 0 amide bonds. The Morgan fingerprint density at radius 1 is 1.47 bits per heavy atom. The lowest BCUT2D eigenvalue weighted by atomic mass is 10.1. The molecule has 17 heavy (non-hydrogen) atoms. The number of hydrogen-bond donors (Lipinski definition) is 2. The summed E-state index contributed by atoms with van der Waals surface area (Å²) >= 11 is 0. The van der Waals surface area contributed by atoms with Crippen molar-refractivity contribution in [2.24, 2.45) is 5.73 Å². The van der Waals surface area contributed by atoms with Gasteiger partial charge in [0.2, 0.25) is 0 Å². The van der Waals surface area contributed by atoms with Crippen LogP contribution in [-0.4, -0.2) is 31.2 Å². The molecule has 1 fully saturated rings. The summed E-state index contributed by atoms with van der Waals surface area (Å²) in [5.41, 5.74) is 8.40. The van der Waals surface area contributed by atoms with Crippen molar-refractivity contribution < 1.29 is 0 Å². The van der Waals surface area contributed by atoms with E-state index in [1.165, 1.54) is 5.56 Å². The van der Waals surface area contributed by atoms with Gasteiger partial charge in [-0.25, -0.2) is 4.98 Å². The van der Waals surface area contributed by atoms with Gasteiger partial charge in [0.1, 0.15) is 5.82 Å². The molecule has 0 spiro atoms. The zero-order valence-electron chi connectivity index (χ0n) is 10.7. The molecule has 94 valence electrons. The van der Waals surface area contributed by atoms with Crippen molar-refractivity contribution in [2.45, 2.75) is 26.3 Å². The molecule has 0 unspecified atom stereocenters. The number of nitrogens with one attached hydrogen (secondary N) is 1. The standard InChI is InChI=1S/C13H22N4/c1-3-12(14)11-8-10(2)13(16-9-11)17-6-4-15-5-7-17/h8-9,12,15H,3-7,14H2,1-2H3/t12-/m0/s1. The second-order valence-electron chi connectivity index (χ2n) is 4.66. The topological polar surface area (TPSA) is 54.2 Å². The molecule has 4 heteroatoms. The van der Waals surface area contributed by atoms with Gasteiger partial charge in [0.25, 0.3) is 0 Å². The third kappa shape index (κ3) is 2.76. The van der Waals surface area contributed by atoms with Gasteiger partial charge in [-0.2, -0.15) is 0 Å². The highest BCUT2D eigenvalue weighted by atomic mass is 15.2. The minimum atomic E-state index is 0.110. The van der Waals surface area contributed by atoms with Gasteiger partial charge in [-0.05, 0) is 30.5 Å². The highest BCUT2D eigenvalue weighted by molar-refractivity contribution is 5.48. The number of anilines is 1. The van der Waals surface area contributed by atoms with Gasteiger partial charge in [0.15, 0.2) is 0 Å². The maximum Gasteiger partial charge on any atom is 0.131 e. The lowest BCUT2D eigenvalue weighted by Crippen LogP contribution is -2.44. The van der Waals surface area contributed by atoms with Crippen molar-refractivity contribution in [1.29, 1.82) is 0 Å². The van der Waals surface area contributed by atoms with E-state index in [9.17, 15) is 0 Å². The highest BCUT2D eigenvalue weighted by Gasteiger charge is 2.15. The van der Waals surface area contributed by atoms with Gasteiger partial charge in [-0.15, -0.1) is 0 Å². The van der Waals surface area contributed by atoms with Gasteiger partial charge in [-0.3, -0.25) is 0 Å². The molecule has 2 rings (SSSR count). The van der Waals surface area contributed by atoms with Crippen LogP contribution in [0.2, 0.25) is 0 Å². The molecule has 0 radical (unpaired) electrons. The predicted octanol–water partition coefficient (Wildman–Crippen LogP) is 1.21. The van der Waals surface area contributed by atoms with Crippen LogP contribution in [0.3, 0.4) is 0 Å². The van der Waals surface area contributed by atoms with E-state index >= 15 is 0 Å². The summed E-state index contributed by atoms with van der Waals surface area (Å²) in [5.74, 6) is 1.11. The molecule has 1 atom stereocenters. The largest absolute Gasteiger partial charge is 0.354 e. The number of hydrogen-bond acceptors (Lipinski definition) is 4. The maximum atomic E-state index is 6.03. The van der Waals surface area contributed by atoms with Crippen LogP contribution in [-0.2, 0) is 0 Å². The third-order valence-electron chi connectivity index (χ3n) is 3.36. The molecule has 1 aromatic heterocycles. The summed E-state index contributed by atoms with van der Waals surface area (Å²) in [6.45, 7) is 8.37. The lowest BCUT2D eigenvalue weighted by Gasteiger charge is -2.29. The van der Waals surface area contributed by atoms with E-state index in [0.717, 1.165) is 44.0 Å². The van der Waals surface area contributed by atoms with E-state index in [1.807, 2.05) is 6.20 Å². The first-order chi connectivity index (χ1) is 8.22. The Morgan fingerprint density at radius 2 is 2.18 bits per heavy atom. The normalized spacial score (nSPS) is 18.2. The zero-order chi connectivity index (χ0) is 12.3. The Bertz CT molecular complexity index is 372. The Hall–Kier alpha value is -1.13. The van der Waals surface area contributed by atoms with Crippen LogP contribution in [0.25, 0.3) is 0 Å². The Balaban J connectivity index is 2.18. The Morgan fingerprint density at radius 3 is 2.76 bits per heavy atom. The first kappa shape index (κ1) is 12.3. The van der Waals surface area contributed by atoms with Gasteiger partial charge >= 0.3 is 0 Å². The van der Waals surface area contributed by atoms with Crippen molar-refractivity contribution >= 4 is 5.82 Å². The monoisotopic (exact) mass is 234 g/mol. The first-order valence-electron chi connectivity index (χ1n) is 6.40. The summed E-state index contributed by atoms with van der Waals surface area (Å²) in [6.07, 6.45) is 2.88. The molecule has 0 aliphatic carbocycles. The van der Waals surface area contributed by atoms with E-state index in [0.29, 0.717) is 0 Å². The third-order valence-corrected chi connectivity index (χ3v) is 3.36. The summed E-state index contributed by atoms with van der Waals surface area (Å²) in [7, 11) is 0. The van der Waals surface area contributed by atoms with Crippen LogP contribution >= 0.6 is 0 Å². The fourth-order valence-electron chi connectivity index (χ4n) is 2.24. The minimum absolute atomic E-state index is 0.110. The van der Waals surface area contributed by atoms with E-state index in [2.05, 4.69) is 35.1 Å². The van der Waals surface area contributed by atoms with Crippen LogP contribution in [0.4, 0.5) is 5.82 Å². The molecule has 1 saturated heterocycles. The molecule has 2 heterocycles. The fourth-order valence-corrected chi connectivity index (χ4v) is 2.24. The number of pyridine rings is 1. The quantitative estimate of drug-likeness (QED) is 0.825. The van der Waals surface area contributed by atoms with Crippen LogP contribution in [0.15, 0.2) is 12.3 Å². The minimum Gasteiger partial charge on any atom is -0.354 e. The first-order valence-corrected chi connectivity index (χ1v) is 6.40. The Kier molecular flexibility index (Phi) is 3.97. The van der Waals surface area contributed by atoms with Crippen molar-refractivity contribution in [3.8, 4) is 0 Å². The van der Waals surface area contributed by atoms with Gasteiger partial charge < -0.3 is 16.0 Å². The Labute approximate surface area is 103 Å². The average molecular weight is 234 g/mol. The number of piperazine rings is 1. The van der Waals surface area contributed by atoms with Crippen molar-refractivity contribution in [2.75, 3.05) is 31.1 Å². The second kappa shape index (κ2) is 5.47. The van der Waals surface area contributed by atoms with Crippen molar-refractivity contribution in [1.82, 2.24) is 10.3 Å². The SMILES string of the molecule is CC[C@H](N)c1cnc(N2CCNCC2)c(C)c1. The smallest absolute Gasteiger partial charge is 0.131 e. The van der Waals surface area contributed by atoms with Crippen LogP contribution in [0.1, 0.15) is 30.5 Å². The number of aryl methyl sites for hydroxylation is 1. The highest BCUT2D eigenvalue weighted by Crippen LogP contribution is 2.21.